The van der Waals surface area contributed by atoms with Crippen molar-refractivity contribution in [2.45, 2.75) is 50.6 Å². The van der Waals surface area contributed by atoms with Crippen molar-refractivity contribution < 1.29 is 23.8 Å². The number of rotatable bonds is 10. The number of benzene rings is 4. The minimum Gasteiger partial charge on any atom is -0.493 e. The highest BCUT2D eigenvalue weighted by atomic mass is 16.5. The molecule has 5 aromatic rings. The number of fused-ring (bicyclic) bond motifs is 2. The molecule has 4 aromatic carbocycles. The number of H-pyrrole nitrogens is 1. The molecule has 1 fully saturated rings. The van der Waals surface area contributed by atoms with Crippen LogP contribution in [0.15, 0.2) is 85.1 Å². The molecule has 1 aromatic heterocycles. The van der Waals surface area contributed by atoms with E-state index in [9.17, 15) is 9.59 Å². The van der Waals surface area contributed by atoms with E-state index in [2.05, 4.69) is 10.3 Å². The number of para-hydroxylation sites is 1. The standard InChI is InChI=1S/C37H39N3O5/c1-43-32-20-25(21-33(44-2)36(32)45-3)35(37(42)39-27-14-5-4-6-15-27)40(31-19-11-13-24-12-7-8-17-29(24)31)34(41)22-26-23-38-30-18-10-9-16-28(26)30/h7-13,16-21,23,27,35,38H,4-6,14-15,22H2,1-3H3,(H,39,42). The van der Waals surface area contributed by atoms with E-state index in [1.807, 2.05) is 72.9 Å². The van der Waals surface area contributed by atoms with Gasteiger partial charge >= 0.3 is 0 Å². The summed E-state index contributed by atoms with van der Waals surface area (Å²) in [6.45, 7) is 0. The second kappa shape index (κ2) is 13.3. The number of nitrogens with zero attached hydrogens (tertiary/aromatic N) is 1. The summed E-state index contributed by atoms with van der Waals surface area (Å²) in [6, 6.07) is 24.2. The van der Waals surface area contributed by atoms with Gasteiger partial charge in [-0.1, -0.05) is 73.9 Å². The van der Waals surface area contributed by atoms with E-state index < -0.39 is 6.04 Å². The third-order valence-electron chi connectivity index (χ3n) is 8.77. The van der Waals surface area contributed by atoms with Crippen LogP contribution in [0.25, 0.3) is 21.7 Å². The van der Waals surface area contributed by atoms with Gasteiger partial charge in [0.1, 0.15) is 6.04 Å². The minimum atomic E-state index is -1.02. The van der Waals surface area contributed by atoms with Crippen molar-refractivity contribution >= 4 is 39.2 Å². The van der Waals surface area contributed by atoms with Gasteiger partial charge in [0.05, 0.1) is 33.4 Å². The van der Waals surface area contributed by atoms with Crippen LogP contribution in [0.5, 0.6) is 17.2 Å². The van der Waals surface area contributed by atoms with E-state index in [0.717, 1.165) is 59.3 Å². The summed E-state index contributed by atoms with van der Waals surface area (Å²) < 4.78 is 17.0. The summed E-state index contributed by atoms with van der Waals surface area (Å²) in [5.41, 5.74) is 3.01. The molecule has 1 atom stereocenters. The first kappa shape index (κ1) is 30.1. The first-order valence-electron chi connectivity index (χ1n) is 15.5. The molecule has 1 aliphatic carbocycles. The van der Waals surface area contributed by atoms with Gasteiger partial charge in [-0.2, -0.15) is 0 Å². The van der Waals surface area contributed by atoms with E-state index in [1.54, 1.807) is 38.4 Å². The maximum atomic E-state index is 14.8. The van der Waals surface area contributed by atoms with Crippen molar-refractivity contribution in [3.8, 4) is 17.2 Å². The number of hydrogen-bond acceptors (Lipinski definition) is 5. The minimum absolute atomic E-state index is 0.0360. The zero-order valence-electron chi connectivity index (χ0n) is 26.0. The first-order valence-corrected chi connectivity index (χ1v) is 15.5. The van der Waals surface area contributed by atoms with Crippen LogP contribution >= 0.6 is 0 Å². The molecule has 1 unspecified atom stereocenters. The Bertz CT molecular complexity index is 1790. The largest absolute Gasteiger partial charge is 0.493 e. The monoisotopic (exact) mass is 605 g/mol. The number of nitrogens with one attached hydrogen (secondary N) is 2. The van der Waals surface area contributed by atoms with E-state index >= 15 is 0 Å². The number of ether oxygens (including phenoxy) is 3. The zero-order valence-corrected chi connectivity index (χ0v) is 26.0. The van der Waals surface area contributed by atoms with Gasteiger partial charge in [-0.05, 0) is 53.6 Å². The Hall–Kier alpha value is -4.98. The molecular weight excluding hydrogens is 566 g/mol. The maximum Gasteiger partial charge on any atom is 0.248 e. The van der Waals surface area contributed by atoms with Crippen LogP contribution in [0.4, 0.5) is 5.69 Å². The van der Waals surface area contributed by atoms with Crippen LogP contribution in [-0.2, 0) is 16.0 Å². The average Bonchev–Trinajstić information content (AvgIpc) is 3.49. The summed E-state index contributed by atoms with van der Waals surface area (Å²) in [4.78, 5) is 34.3. The van der Waals surface area contributed by atoms with Crippen molar-refractivity contribution in [2.24, 2.45) is 0 Å². The van der Waals surface area contributed by atoms with Gasteiger partial charge in [-0.3, -0.25) is 14.5 Å². The molecule has 0 saturated heterocycles. The van der Waals surface area contributed by atoms with Crippen LogP contribution in [-0.4, -0.2) is 44.2 Å². The van der Waals surface area contributed by atoms with Crippen molar-refractivity contribution in [1.82, 2.24) is 10.3 Å². The third-order valence-corrected chi connectivity index (χ3v) is 8.77. The van der Waals surface area contributed by atoms with Gasteiger partial charge in [0.25, 0.3) is 0 Å². The van der Waals surface area contributed by atoms with Gasteiger partial charge in [0.15, 0.2) is 11.5 Å². The second-order valence-electron chi connectivity index (χ2n) is 11.5. The van der Waals surface area contributed by atoms with E-state index in [-0.39, 0.29) is 24.3 Å². The number of aromatic amines is 1. The summed E-state index contributed by atoms with van der Waals surface area (Å²) in [7, 11) is 4.63. The normalized spacial score (nSPS) is 14.2. The fourth-order valence-electron chi connectivity index (χ4n) is 6.57. The number of methoxy groups -OCH3 is 3. The molecule has 0 radical (unpaired) electrons. The van der Waals surface area contributed by atoms with E-state index in [1.165, 1.54) is 0 Å². The lowest BCUT2D eigenvalue weighted by molar-refractivity contribution is -0.127. The second-order valence-corrected chi connectivity index (χ2v) is 11.5. The number of anilines is 1. The number of amides is 2. The lowest BCUT2D eigenvalue weighted by Crippen LogP contribution is -2.47. The summed E-state index contributed by atoms with van der Waals surface area (Å²) in [5.74, 6) is 0.760. The van der Waals surface area contributed by atoms with Gasteiger partial charge in [-0.25, -0.2) is 0 Å². The highest BCUT2D eigenvalue weighted by Crippen LogP contribution is 2.43. The van der Waals surface area contributed by atoms with E-state index in [4.69, 9.17) is 14.2 Å². The molecule has 232 valence electrons. The lowest BCUT2D eigenvalue weighted by Gasteiger charge is -2.34. The van der Waals surface area contributed by atoms with Crippen LogP contribution in [0.1, 0.15) is 49.3 Å². The van der Waals surface area contributed by atoms with Crippen LogP contribution < -0.4 is 24.4 Å². The smallest absolute Gasteiger partial charge is 0.248 e. The van der Waals surface area contributed by atoms with Crippen molar-refractivity contribution in [2.75, 3.05) is 26.2 Å². The van der Waals surface area contributed by atoms with Crippen molar-refractivity contribution in [3.63, 3.8) is 0 Å². The van der Waals surface area contributed by atoms with E-state index in [0.29, 0.717) is 28.5 Å². The Morgan fingerprint density at radius 2 is 1.51 bits per heavy atom. The number of carbonyl (C=O) groups is 2. The van der Waals surface area contributed by atoms with Gasteiger partial charge < -0.3 is 24.5 Å². The molecule has 1 heterocycles. The van der Waals surface area contributed by atoms with Crippen LogP contribution in [0.2, 0.25) is 0 Å². The molecule has 0 aliphatic heterocycles. The number of carbonyl (C=O) groups excluding carboxylic acids is 2. The third kappa shape index (κ3) is 6.05. The van der Waals surface area contributed by atoms with Crippen molar-refractivity contribution in [3.05, 3.63) is 96.2 Å². The average molecular weight is 606 g/mol. The molecule has 8 heteroatoms. The topological polar surface area (TPSA) is 92.9 Å². The predicted octanol–water partition coefficient (Wildman–Crippen LogP) is 7.11. The molecule has 2 N–H and O–H groups in total. The Labute approximate surface area is 263 Å². The van der Waals surface area contributed by atoms with Crippen LogP contribution in [0, 0.1) is 0 Å². The molecule has 8 nitrogen and oxygen atoms in total. The maximum absolute atomic E-state index is 14.8. The Morgan fingerprint density at radius 3 is 2.22 bits per heavy atom. The molecular formula is C37H39N3O5. The summed E-state index contributed by atoms with van der Waals surface area (Å²) >= 11 is 0. The summed E-state index contributed by atoms with van der Waals surface area (Å²) in [5, 5.41) is 6.12. The van der Waals surface area contributed by atoms with Gasteiger partial charge in [-0.15, -0.1) is 0 Å². The summed E-state index contributed by atoms with van der Waals surface area (Å²) in [6.07, 6.45) is 7.06. The molecule has 1 aliphatic rings. The highest BCUT2D eigenvalue weighted by molar-refractivity contribution is 6.09. The Morgan fingerprint density at radius 1 is 0.844 bits per heavy atom. The molecule has 0 bridgehead atoms. The fourth-order valence-corrected chi connectivity index (χ4v) is 6.57. The molecule has 1 saturated carbocycles. The molecule has 0 spiro atoms. The first-order chi connectivity index (χ1) is 22.0. The Balaban J connectivity index is 1.54. The van der Waals surface area contributed by atoms with Gasteiger partial charge in [0.2, 0.25) is 17.6 Å². The Kier molecular flexibility index (Phi) is 8.91. The number of aromatic nitrogens is 1. The molecule has 6 rings (SSSR count). The number of hydrogen-bond donors (Lipinski definition) is 2. The zero-order chi connectivity index (χ0) is 31.3. The van der Waals surface area contributed by atoms with Crippen molar-refractivity contribution in [1.29, 1.82) is 0 Å². The predicted molar refractivity (Wildman–Crippen MR) is 177 cm³/mol. The highest BCUT2D eigenvalue weighted by Gasteiger charge is 2.36. The molecule has 45 heavy (non-hydrogen) atoms. The fraction of sp³-hybridized carbons (Fsp3) is 0.297. The molecule has 2 amide bonds. The quantitative estimate of drug-likeness (QED) is 0.177. The van der Waals surface area contributed by atoms with Crippen LogP contribution in [0.3, 0.4) is 0 Å². The van der Waals surface area contributed by atoms with Gasteiger partial charge in [0, 0.05) is 28.5 Å². The SMILES string of the molecule is COc1cc(C(C(=O)NC2CCCCC2)N(C(=O)Cc2c[nH]c3ccccc23)c2cccc3ccccc23)cc(OC)c1OC. The lowest BCUT2D eigenvalue weighted by atomic mass is 9.94.